The summed E-state index contributed by atoms with van der Waals surface area (Å²) in [6.07, 6.45) is 3.97. The SMILES string of the molecule is CC(=O)Nc1cc2c(cc1CNc1ccccc1Oc1ccc(O)cc1)OCO2.COc1cc(CNc2ccccc2OC2=CC(C)=C2)c(NC(C)=O)cc1OC. The fourth-order valence-corrected chi connectivity index (χ4v) is 5.86. The average Bonchev–Trinajstić information content (AvgIpc) is 3.64. The van der Waals surface area contributed by atoms with Crippen LogP contribution in [0.3, 0.4) is 0 Å². The highest BCUT2D eigenvalue weighted by atomic mass is 16.7. The number of carbonyl (C=O) groups excluding carboxylic acids is 2. The highest BCUT2D eigenvalue weighted by molar-refractivity contribution is 5.91. The molecule has 0 spiro atoms. The number of methoxy groups -OCH3 is 2. The molecule has 0 bridgehead atoms. The molecule has 7 rings (SSSR count). The highest BCUT2D eigenvalue weighted by Gasteiger charge is 2.19. The number of hydrogen-bond donors (Lipinski definition) is 5. The molecule has 0 atom stereocenters. The predicted octanol–water partition coefficient (Wildman–Crippen LogP) is 8.98. The normalized spacial score (nSPS) is 12.0. The van der Waals surface area contributed by atoms with Gasteiger partial charge in [-0.1, -0.05) is 24.3 Å². The van der Waals surface area contributed by atoms with Gasteiger partial charge in [0.2, 0.25) is 18.6 Å². The third kappa shape index (κ3) is 10.5. The van der Waals surface area contributed by atoms with E-state index in [0.717, 1.165) is 34.0 Å². The Morgan fingerprint density at radius 1 is 0.632 bits per heavy atom. The maximum Gasteiger partial charge on any atom is 0.231 e. The molecule has 2 aliphatic rings. The van der Waals surface area contributed by atoms with Crippen molar-refractivity contribution in [2.75, 3.05) is 42.3 Å². The quantitative estimate of drug-likeness (QED) is 0.0734. The van der Waals surface area contributed by atoms with E-state index in [9.17, 15) is 14.7 Å². The smallest absolute Gasteiger partial charge is 0.231 e. The topological polar surface area (TPSA) is 158 Å². The monoisotopic (exact) mass is 772 g/mol. The largest absolute Gasteiger partial charge is 0.508 e. The van der Waals surface area contributed by atoms with E-state index in [4.69, 9.17) is 28.4 Å². The zero-order valence-electron chi connectivity index (χ0n) is 32.2. The van der Waals surface area contributed by atoms with E-state index >= 15 is 0 Å². The lowest BCUT2D eigenvalue weighted by Gasteiger charge is -2.19. The lowest BCUT2D eigenvalue weighted by Crippen LogP contribution is -2.11. The molecule has 0 fully saturated rings. The first-order chi connectivity index (χ1) is 27.6. The van der Waals surface area contributed by atoms with Crippen molar-refractivity contribution in [1.82, 2.24) is 0 Å². The third-order valence-electron chi connectivity index (χ3n) is 8.57. The fourth-order valence-electron chi connectivity index (χ4n) is 5.86. The number of allylic oxidation sites excluding steroid dienone is 3. The Labute approximate surface area is 330 Å². The summed E-state index contributed by atoms with van der Waals surface area (Å²) in [6, 6.07) is 29.0. The van der Waals surface area contributed by atoms with E-state index in [-0.39, 0.29) is 24.4 Å². The van der Waals surface area contributed by atoms with E-state index in [1.54, 1.807) is 50.6 Å². The summed E-state index contributed by atoms with van der Waals surface area (Å²) in [4.78, 5) is 23.2. The minimum absolute atomic E-state index is 0.156. The number of ether oxygens (including phenoxy) is 6. The van der Waals surface area contributed by atoms with Crippen molar-refractivity contribution >= 4 is 34.6 Å². The van der Waals surface area contributed by atoms with Crippen LogP contribution >= 0.6 is 0 Å². The second kappa shape index (κ2) is 18.4. The fraction of sp³-hybridized carbons (Fsp3) is 0.182. The summed E-state index contributed by atoms with van der Waals surface area (Å²) in [5.74, 6) is 5.07. The summed E-state index contributed by atoms with van der Waals surface area (Å²) in [5, 5.41) is 21.8. The van der Waals surface area contributed by atoms with Gasteiger partial charge in [0.1, 0.15) is 17.3 Å². The van der Waals surface area contributed by atoms with Gasteiger partial charge >= 0.3 is 0 Å². The molecule has 294 valence electrons. The van der Waals surface area contributed by atoms with E-state index < -0.39 is 0 Å². The van der Waals surface area contributed by atoms with Crippen molar-refractivity contribution in [3.05, 3.63) is 132 Å². The van der Waals surface area contributed by atoms with E-state index in [2.05, 4.69) is 21.3 Å². The average molecular weight is 773 g/mol. The molecular formula is C44H44N4O9. The van der Waals surface area contributed by atoms with Gasteiger partial charge in [0.05, 0.1) is 25.6 Å². The number of rotatable bonds is 14. The number of phenolic OH excluding ortho intramolecular Hbond substituents is 1. The molecule has 5 N–H and O–H groups in total. The van der Waals surface area contributed by atoms with Crippen molar-refractivity contribution in [2.24, 2.45) is 0 Å². The number of hydrogen-bond acceptors (Lipinski definition) is 11. The van der Waals surface area contributed by atoms with Crippen LogP contribution in [0.1, 0.15) is 31.9 Å². The van der Waals surface area contributed by atoms with Gasteiger partial charge in [-0.2, -0.15) is 0 Å². The molecule has 5 aromatic carbocycles. The first-order valence-corrected chi connectivity index (χ1v) is 18.0. The Morgan fingerprint density at radius 3 is 1.70 bits per heavy atom. The molecule has 2 amide bonds. The van der Waals surface area contributed by atoms with Crippen molar-refractivity contribution in [2.45, 2.75) is 33.9 Å². The van der Waals surface area contributed by atoms with Crippen LogP contribution in [0.2, 0.25) is 0 Å². The molecule has 1 aliphatic carbocycles. The molecule has 13 nitrogen and oxygen atoms in total. The molecule has 0 saturated heterocycles. The number of para-hydroxylation sites is 4. The molecule has 0 saturated carbocycles. The molecule has 0 unspecified atom stereocenters. The van der Waals surface area contributed by atoms with Gasteiger partial charge in [-0.3, -0.25) is 9.59 Å². The lowest BCUT2D eigenvalue weighted by molar-refractivity contribution is -0.115. The van der Waals surface area contributed by atoms with E-state index in [1.807, 2.05) is 79.7 Å². The highest BCUT2D eigenvalue weighted by Crippen LogP contribution is 2.39. The number of phenols is 1. The number of carbonyl (C=O) groups is 2. The van der Waals surface area contributed by atoms with Crippen LogP contribution in [0.25, 0.3) is 0 Å². The standard InChI is InChI=1S/C22H20N2O5.C22H24N2O4/c1-14(25)24-19-11-22-21(27-13-28-22)10-15(19)12-23-18-4-2-3-5-20(18)29-17-8-6-16(26)7-9-17;1-14-9-17(10-14)28-20-8-6-5-7-18(20)23-13-16-11-21(26-3)22(27-4)12-19(16)24-15(2)25/h2-11,23,26H,12-13H2,1H3,(H,24,25);5-12,23H,13H2,1-4H3,(H,24,25). The Morgan fingerprint density at radius 2 is 1.14 bits per heavy atom. The van der Waals surface area contributed by atoms with Crippen molar-refractivity contribution in [3.8, 4) is 46.0 Å². The molecular weight excluding hydrogens is 729 g/mol. The van der Waals surface area contributed by atoms with Crippen LogP contribution in [0.5, 0.6) is 46.0 Å². The molecule has 57 heavy (non-hydrogen) atoms. The summed E-state index contributed by atoms with van der Waals surface area (Å²) >= 11 is 0. The van der Waals surface area contributed by atoms with Crippen molar-refractivity contribution in [1.29, 1.82) is 0 Å². The van der Waals surface area contributed by atoms with E-state index in [1.165, 1.54) is 19.4 Å². The minimum Gasteiger partial charge on any atom is -0.508 e. The van der Waals surface area contributed by atoms with Crippen LogP contribution in [-0.2, 0) is 22.7 Å². The van der Waals surface area contributed by atoms with Crippen LogP contribution in [0, 0.1) is 0 Å². The lowest BCUT2D eigenvalue weighted by atomic mass is 10.1. The molecule has 5 aromatic rings. The van der Waals surface area contributed by atoms with Crippen LogP contribution < -0.4 is 49.7 Å². The predicted molar refractivity (Wildman–Crippen MR) is 219 cm³/mol. The molecule has 1 aliphatic heterocycles. The third-order valence-corrected chi connectivity index (χ3v) is 8.57. The first kappa shape index (κ1) is 39.4. The van der Waals surface area contributed by atoms with Gasteiger partial charge in [-0.25, -0.2) is 0 Å². The Kier molecular flexibility index (Phi) is 12.7. The summed E-state index contributed by atoms with van der Waals surface area (Å²) in [6.45, 7) is 6.01. The molecule has 0 aromatic heterocycles. The maximum absolute atomic E-state index is 11.6. The van der Waals surface area contributed by atoms with Gasteiger partial charge in [-0.05, 0) is 96.4 Å². The van der Waals surface area contributed by atoms with Gasteiger partial charge in [0, 0.05) is 50.4 Å². The van der Waals surface area contributed by atoms with Crippen LogP contribution in [-0.4, -0.2) is 37.9 Å². The van der Waals surface area contributed by atoms with Gasteiger partial charge in [0.25, 0.3) is 0 Å². The second-order valence-corrected chi connectivity index (χ2v) is 12.9. The maximum atomic E-state index is 11.6. The number of fused-ring (bicyclic) bond motifs is 1. The molecule has 1 heterocycles. The Balaban J connectivity index is 0.000000193. The number of amides is 2. The van der Waals surface area contributed by atoms with Crippen molar-refractivity contribution < 1.29 is 43.1 Å². The number of aromatic hydroxyl groups is 1. The summed E-state index contributed by atoms with van der Waals surface area (Å²) in [5.41, 5.74) is 5.86. The second-order valence-electron chi connectivity index (χ2n) is 12.9. The molecule has 13 heteroatoms. The Bertz CT molecular complexity index is 2300. The van der Waals surface area contributed by atoms with Gasteiger partial charge in [0.15, 0.2) is 34.5 Å². The zero-order valence-corrected chi connectivity index (χ0v) is 32.2. The van der Waals surface area contributed by atoms with Crippen LogP contribution in [0.4, 0.5) is 22.7 Å². The van der Waals surface area contributed by atoms with Crippen LogP contribution in [0.15, 0.2) is 121 Å². The number of benzene rings is 5. The summed E-state index contributed by atoms with van der Waals surface area (Å²) in [7, 11) is 3.14. The first-order valence-electron chi connectivity index (χ1n) is 18.0. The Hall–Kier alpha value is -7.28. The van der Waals surface area contributed by atoms with Gasteiger partial charge < -0.3 is 54.8 Å². The minimum atomic E-state index is -0.166. The van der Waals surface area contributed by atoms with Gasteiger partial charge in [-0.15, -0.1) is 0 Å². The summed E-state index contributed by atoms with van der Waals surface area (Å²) < 4.78 is 33.4. The van der Waals surface area contributed by atoms with E-state index in [0.29, 0.717) is 59.0 Å². The molecule has 0 radical (unpaired) electrons. The zero-order chi connectivity index (χ0) is 40.3. The number of anilines is 4. The number of nitrogens with one attached hydrogen (secondary N) is 4. The van der Waals surface area contributed by atoms with Crippen molar-refractivity contribution in [3.63, 3.8) is 0 Å².